The van der Waals surface area contributed by atoms with E-state index in [1.54, 1.807) is 12.7 Å². The Morgan fingerprint density at radius 3 is 2.61 bits per heavy atom. The molecule has 0 unspecified atom stereocenters. The Morgan fingerprint density at radius 1 is 1.04 bits per heavy atom. The molecule has 3 rings (SSSR count). The lowest BCUT2D eigenvalue weighted by Crippen LogP contribution is -2.49. The van der Waals surface area contributed by atoms with Gasteiger partial charge in [0, 0.05) is 52.2 Å². The van der Waals surface area contributed by atoms with Crippen molar-refractivity contribution in [1.29, 1.82) is 0 Å². The third kappa shape index (κ3) is 4.98. The van der Waals surface area contributed by atoms with Gasteiger partial charge < -0.3 is 4.90 Å². The van der Waals surface area contributed by atoms with E-state index in [0.717, 1.165) is 58.8 Å². The Morgan fingerprint density at radius 2 is 1.91 bits per heavy atom. The highest BCUT2D eigenvalue weighted by Crippen LogP contribution is 2.08. The van der Waals surface area contributed by atoms with Crippen molar-refractivity contribution in [1.82, 2.24) is 29.6 Å². The molecule has 0 aliphatic carbocycles. The van der Waals surface area contributed by atoms with Crippen LogP contribution in [0.1, 0.15) is 19.3 Å². The lowest BCUT2D eigenvalue weighted by atomic mass is 10.2. The summed E-state index contributed by atoms with van der Waals surface area (Å²) in [7, 11) is 0. The molecule has 2 saturated heterocycles. The molecule has 8 nitrogen and oxygen atoms in total. The van der Waals surface area contributed by atoms with Crippen LogP contribution >= 0.6 is 0 Å². The number of rotatable bonds is 6. The summed E-state index contributed by atoms with van der Waals surface area (Å²) in [6.45, 7) is 7.75. The number of carbonyl (C=O) groups is 1. The largest absolute Gasteiger partial charge is 0.340 e. The van der Waals surface area contributed by atoms with Gasteiger partial charge >= 0.3 is 0 Å². The molecule has 0 bridgehead atoms. The standard InChI is InChI=1S/C15H26N6O2/c22-15(3-5-21-4-1-2-12-23-21)19-9-6-18(7-10-19)8-11-20-14-16-13-17-20/h13-14H,1-12H2. The normalized spacial score (nSPS) is 20.8. The second kappa shape index (κ2) is 8.37. The van der Waals surface area contributed by atoms with Gasteiger partial charge in [0.1, 0.15) is 12.7 Å². The van der Waals surface area contributed by atoms with Crippen molar-refractivity contribution in [3.63, 3.8) is 0 Å². The minimum atomic E-state index is 0.245. The van der Waals surface area contributed by atoms with Gasteiger partial charge in [-0.3, -0.25) is 19.2 Å². The Bertz CT molecular complexity index is 466. The molecule has 0 spiro atoms. The van der Waals surface area contributed by atoms with Crippen LogP contribution in [0.4, 0.5) is 0 Å². The van der Waals surface area contributed by atoms with E-state index < -0.39 is 0 Å². The highest BCUT2D eigenvalue weighted by Gasteiger charge is 2.21. The summed E-state index contributed by atoms with van der Waals surface area (Å²) in [6, 6.07) is 0. The van der Waals surface area contributed by atoms with Crippen LogP contribution in [0.5, 0.6) is 0 Å². The quantitative estimate of drug-likeness (QED) is 0.725. The molecule has 0 atom stereocenters. The number of hydrogen-bond donors (Lipinski definition) is 0. The van der Waals surface area contributed by atoms with Crippen LogP contribution in [0.15, 0.2) is 12.7 Å². The summed E-state index contributed by atoms with van der Waals surface area (Å²) in [6.07, 6.45) is 6.14. The van der Waals surface area contributed by atoms with Crippen molar-refractivity contribution >= 4 is 5.91 Å². The third-order valence-corrected chi connectivity index (χ3v) is 4.49. The summed E-state index contributed by atoms with van der Waals surface area (Å²) in [4.78, 5) is 26.1. The van der Waals surface area contributed by atoms with Crippen molar-refractivity contribution in [2.45, 2.75) is 25.8 Å². The van der Waals surface area contributed by atoms with Gasteiger partial charge in [0.25, 0.3) is 0 Å². The molecule has 1 aromatic heterocycles. The fraction of sp³-hybridized carbons (Fsp3) is 0.800. The van der Waals surface area contributed by atoms with E-state index in [-0.39, 0.29) is 5.91 Å². The molecule has 23 heavy (non-hydrogen) atoms. The number of nitrogens with zero attached hydrogens (tertiary/aromatic N) is 6. The van der Waals surface area contributed by atoms with E-state index in [9.17, 15) is 4.79 Å². The monoisotopic (exact) mass is 322 g/mol. The maximum atomic E-state index is 12.3. The summed E-state index contributed by atoms with van der Waals surface area (Å²) in [5.41, 5.74) is 0. The van der Waals surface area contributed by atoms with E-state index in [4.69, 9.17) is 4.84 Å². The fourth-order valence-electron chi connectivity index (χ4n) is 3.02. The number of hydrogen-bond acceptors (Lipinski definition) is 6. The van der Waals surface area contributed by atoms with Gasteiger partial charge in [-0.05, 0) is 12.8 Å². The zero-order valence-electron chi connectivity index (χ0n) is 13.6. The lowest BCUT2D eigenvalue weighted by molar-refractivity contribution is -0.182. The summed E-state index contributed by atoms with van der Waals surface area (Å²) >= 11 is 0. The molecule has 0 radical (unpaired) electrons. The zero-order chi connectivity index (χ0) is 15.9. The van der Waals surface area contributed by atoms with E-state index in [1.165, 1.54) is 6.42 Å². The molecule has 2 aliphatic heterocycles. The predicted molar refractivity (Wildman–Crippen MR) is 84.4 cm³/mol. The second-order valence-electron chi connectivity index (χ2n) is 6.10. The van der Waals surface area contributed by atoms with Crippen LogP contribution in [-0.2, 0) is 16.2 Å². The van der Waals surface area contributed by atoms with Gasteiger partial charge in [0.15, 0.2) is 0 Å². The molecule has 1 aromatic rings. The molecule has 8 heteroatoms. The van der Waals surface area contributed by atoms with Gasteiger partial charge in [0.05, 0.1) is 13.2 Å². The third-order valence-electron chi connectivity index (χ3n) is 4.49. The first-order chi connectivity index (χ1) is 11.3. The summed E-state index contributed by atoms with van der Waals surface area (Å²) in [5.74, 6) is 0.245. The maximum Gasteiger partial charge on any atom is 0.224 e. The highest BCUT2D eigenvalue weighted by atomic mass is 16.7. The van der Waals surface area contributed by atoms with Crippen LogP contribution in [0.2, 0.25) is 0 Å². The molecule has 0 N–H and O–H groups in total. The van der Waals surface area contributed by atoms with Crippen molar-refractivity contribution < 1.29 is 9.63 Å². The Labute approximate surface area is 136 Å². The molecular weight excluding hydrogens is 296 g/mol. The Balaban J connectivity index is 1.32. The Hall–Kier alpha value is -1.51. The number of amides is 1. The van der Waals surface area contributed by atoms with E-state index in [0.29, 0.717) is 13.0 Å². The molecule has 2 aliphatic rings. The number of piperazine rings is 1. The van der Waals surface area contributed by atoms with Crippen LogP contribution in [0, 0.1) is 0 Å². The van der Waals surface area contributed by atoms with Crippen LogP contribution in [-0.4, -0.2) is 88.0 Å². The summed E-state index contributed by atoms with van der Waals surface area (Å²) < 4.78 is 1.84. The van der Waals surface area contributed by atoms with Gasteiger partial charge in [-0.1, -0.05) is 0 Å². The lowest BCUT2D eigenvalue weighted by Gasteiger charge is -2.35. The SMILES string of the molecule is O=C(CCN1CCCCO1)N1CCN(CCn2cncn2)CC1. The van der Waals surface area contributed by atoms with Crippen LogP contribution < -0.4 is 0 Å². The average molecular weight is 322 g/mol. The molecule has 2 fully saturated rings. The zero-order valence-corrected chi connectivity index (χ0v) is 13.6. The molecule has 1 amide bonds. The minimum Gasteiger partial charge on any atom is -0.340 e. The first-order valence-electron chi connectivity index (χ1n) is 8.52. The van der Waals surface area contributed by atoms with Gasteiger partial charge in [-0.2, -0.15) is 10.2 Å². The van der Waals surface area contributed by atoms with E-state index in [1.807, 2.05) is 14.6 Å². The molecular formula is C15H26N6O2. The van der Waals surface area contributed by atoms with Crippen LogP contribution in [0.25, 0.3) is 0 Å². The van der Waals surface area contributed by atoms with Gasteiger partial charge in [0.2, 0.25) is 5.91 Å². The Kier molecular flexibility index (Phi) is 5.95. The highest BCUT2D eigenvalue weighted by molar-refractivity contribution is 5.76. The minimum absolute atomic E-state index is 0.245. The number of aromatic nitrogens is 3. The van der Waals surface area contributed by atoms with Crippen LogP contribution in [0.3, 0.4) is 0 Å². The van der Waals surface area contributed by atoms with E-state index >= 15 is 0 Å². The predicted octanol–water partition coefficient (Wildman–Crippen LogP) is -0.160. The van der Waals surface area contributed by atoms with Crippen molar-refractivity contribution in [2.75, 3.05) is 52.4 Å². The molecule has 0 aromatic carbocycles. The fourth-order valence-corrected chi connectivity index (χ4v) is 3.02. The van der Waals surface area contributed by atoms with Gasteiger partial charge in [-0.15, -0.1) is 0 Å². The van der Waals surface area contributed by atoms with Gasteiger partial charge in [-0.25, -0.2) is 4.98 Å². The molecule has 0 saturated carbocycles. The number of hydroxylamine groups is 2. The first kappa shape index (κ1) is 16.4. The first-order valence-corrected chi connectivity index (χ1v) is 8.52. The molecule has 3 heterocycles. The van der Waals surface area contributed by atoms with Crippen molar-refractivity contribution in [3.05, 3.63) is 12.7 Å². The average Bonchev–Trinajstić information content (AvgIpc) is 3.13. The topological polar surface area (TPSA) is 66.7 Å². The smallest absolute Gasteiger partial charge is 0.224 e. The summed E-state index contributed by atoms with van der Waals surface area (Å²) in [5, 5.41) is 6.05. The second-order valence-corrected chi connectivity index (χ2v) is 6.10. The molecule has 128 valence electrons. The van der Waals surface area contributed by atoms with E-state index in [2.05, 4.69) is 15.0 Å². The maximum absolute atomic E-state index is 12.3. The van der Waals surface area contributed by atoms with Crippen molar-refractivity contribution in [2.24, 2.45) is 0 Å². The number of carbonyl (C=O) groups excluding carboxylic acids is 1. The van der Waals surface area contributed by atoms with Crippen molar-refractivity contribution in [3.8, 4) is 0 Å².